The van der Waals surface area contributed by atoms with Crippen molar-refractivity contribution in [3.63, 3.8) is 0 Å². The summed E-state index contributed by atoms with van der Waals surface area (Å²) in [7, 11) is 0. The van der Waals surface area contributed by atoms with E-state index in [9.17, 15) is 14.0 Å². The molecule has 3 heterocycles. The molecule has 8 heteroatoms. The topological polar surface area (TPSA) is 80.6 Å². The molecule has 0 aliphatic rings. The Balaban J connectivity index is 2.60. The van der Waals surface area contributed by atoms with Crippen LogP contribution in [0.5, 0.6) is 0 Å². The molecule has 0 radical (unpaired) electrons. The number of aromatic nitrogens is 4. The van der Waals surface area contributed by atoms with Crippen molar-refractivity contribution < 1.29 is 8.50 Å². The first-order chi connectivity index (χ1) is 12.5. The van der Waals surface area contributed by atoms with Crippen molar-refractivity contribution in [3.8, 4) is 5.69 Å². The second-order valence-corrected chi connectivity index (χ2v) is 5.83. The predicted octanol–water partition coefficient (Wildman–Crippen LogP) is 2.69. The number of aryl methyl sites for hydroxylation is 1. The van der Waals surface area contributed by atoms with Gasteiger partial charge in [-0.2, -0.15) is 0 Å². The molecule has 0 aliphatic heterocycles. The zero-order valence-corrected chi connectivity index (χ0v) is 13.5. The smallest absolute Gasteiger partial charge is 0.273 e. The number of H-pyrrole nitrogens is 1. The molecule has 0 spiro atoms. The van der Waals surface area contributed by atoms with E-state index in [1.54, 1.807) is 13.8 Å². The SMILES string of the molecule is [2H]C([2H])([2H])c1ccnc(C(C)C)c1-n1c(=O)[nH]c(=O)c2cc(F)c(Cl)nc21. The summed E-state index contributed by atoms with van der Waals surface area (Å²) < 4.78 is 38.1. The van der Waals surface area contributed by atoms with E-state index in [1.807, 2.05) is 0 Å². The zero-order chi connectivity index (χ0) is 20.1. The number of hydrogen-bond donors (Lipinski definition) is 1. The summed E-state index contributed by atoms with van der Waals surface area (Å²) in [6.45, 7) is 0.968. The lowest BCUT2D eigenvalue weighted by molar-refractivity contribution is 0.623. The van der Waals surface area contributed by atoms with Crippen LogP contribution in [0, 0.1) is 12.7 Å². The van der Waals surface area contributed by atoms with Crippen LogP contribution in [0.2, 0.25) is 5.15 Å². The molecule has 6 nitrogen and oxygen atoms in total. The van der Waals surface area contributed by atoms with Gasteiger partial charge >= 0.3 is 5.69 Å². The third-order valence-electron chi connectivity index (χ3n) is 3.52. The number of fused-ring (bicyclic) bond motifs is 1. The average Bonchev–Trinajstić information content (AvgIpc) is 2.55. The van der Waals surface area contributed by atoms with Crippen molar-refractivity contribution >= 4 is 22.6 Å². The van der Waals surface area contributed by atoms with Crippen LogP contribution in [0.1, 0.15) is 35.1 Å². The highest BCUT2D eigenvalue weighted by Gasteiger charge is 2.19. The highest BCUT2D eigenvalue weighted by molar-refractivity contribution is 6.29. The summed E-state index contributed by atoms with van der Waals surface area (Å²) in [4.78, 5) is 34.8. The van der Waals surface area contributed by atoms with Gasteiger partial charge in [0.05, 0.1) is 16.8 Å². The van der Waals surface area contributed by atoms with Crippen molar-refractivity contribution in [2.45, 2.75) is 26.6 Å². The van der Waals surface area contributed by atoms with Crippen LogP contribution in [-0.2, 0) is 0 Å². The number of nitrogens with zero attached hydrogens (tertiary/aromatic N) is 3. The summed E-state index contributed by atoms with van der Waals surface area (Å²) in [5.41, 5.74) is -1.92. The van der Waals surface area contributed by atoms with E-state index < -0.39 is 29.1 Å². The fourth-order valence-electron chi connectivity index (χ4n) is 2.45. The molecule has 0 aromatic carbocycles. The quantitative estimate of drug-likeness (QED) is 0.720. The van der Waals surface area contributed by atoms with Crippen molar-refractivity contribution in [2.24, 2.45) is 0 Å². The van der Waals surface area contributed by atoms with E-state index in [2.05, 4.69) is 15.0 Å². The first-order valence-electron chi connectivity index (χ1n) is 8.53. The maximum atomic E-state index is 13.8. The lowest BCUT2D eigenvalue weighted by Gasteiger charge is -2.17. The largest absolute Gasteiger partial charge is 0.334 e. The van der Waals surface area contributed by atoms with Gasteiger partial charge in [0.1, 0.15) is 0 Å². The first-order valence-corrected chi connectivity index (χ1v) is 7.41. The van der Waals surface area contributed by atoms with E-state index in [4.69, 9.17) is 15.7 Å². The lowest BCUT2D eigenvalue weighted by Crippen LogP contribution is -2.31. The number of nitrogens with one attached hydrogen (secondary N) is 1. The van der Waals surface area contributed by atoms with Crippen LogP contribution in [-0.4, -0.2) is 19.5 Å². The molecule has 3 aromatic heterocycles. The number of rotatable bonds is 2. The average molecular weight is 352 g/mol. The van der Waals surface area contributed by atoms with E-state index >= 15 is 0 Å². The highest BCUT2D eigenvalue weighted by Crippen LogP contribution is 2.25. The second-order valence-electron chi connectivity index (χ2n) is 5.47. The highest BCUT2D eigenvalue weighted by atomic mass is 35.5. The third-order valence-corrected chi connectivity index (χ3v) is 3.78. The van der Waals surface area contributed by atoms with Crippen molar-refractivity contribution in [2.75, 3.05) is 0 Å². The van der Waals surface area contributed by atoms with Gasteiger partial charge in [-0.15, -0.1) is 0 Å². The summed E-state index contributed by atoms with van der Waals surface area (Å²) >= 11 is 5.74. The van der Waals surface area contributed by atoms with Gasteiger partial charge in [0, 0.05) is 10.3 Å². The van der Waals surface area contributed by atoms with Crippen LogP contribution in [0.3, 0.4) is 0 Å². The Labute approximate surface area is 145 Å². The van der Waals surface area contributed by atoms with Gasteiger partial charge in [-0.3, -0.25) is 14.8 Å². The molecule has 0 unspecified atom stereocenters. The minimum atomic E-state index is -2.58. The molecule has 124 valence electrons. The maximum Gasteiger partial charge on any atom is 0.334 e. The molecule has 0 atom stereocenters. The van der Waals surface area contributed by atoms with Gasteiger partial charge in [-0.05, 0) is 30.5 Å². The number of hydrogen-bond acceptors (Lipinski definition) is 4. The van der Waals surface area contributed by atoms with Gasteiger partial charge in [0.15, 0.2) is 16.6 Å². The molecule has 0 bridgehead atoms. The molecular weight excluding hydrogens is 335 g/mol. The molecule has 3 rings (SSSR count). The Bertz CT molecular complexity index is 1170. The molecule has 0 saturated heterocycles. The van der Waals surface area contributed by atoms with Crippen LogP contribution >= 0.6 is 11.6 Å². The predicted molar refractivity (Wildman–Crippen MR) is 89.5 cm³/mol. The zero-order valence-electron chi connectivity index (χ0n) is 15.7. The van der Waals surface area contributed by atoms with Crippen LogP contribution in [0.15, 0.2) is 27.9 Å². The standard InChI is InChI=1S/C16H14ClFN4O2/c1-7(2)11-12(8(3)4-5-19-11)22-14-9(15(23)21-16(22)24)6-10(18)13(17)20-14/h4-7H,1-3H3,(H,21,23,24)/i3D3. The fraction of sp³-hybridized carbons (Fsp3) is 0.250. The lowest BCUT2D eigenvalue weighted by atomic mass is 10.0. The normalized spacial score (nSPS) is 13.8. The van der Waals surface area contributed by atoms with Gasteiger partial charge in [0.2, 0.25) is 0 Å². The Morgan fingerprint density at radius 1 is 1.42 bits per heavy atom. The third kappa shape index (κ3) is 2.50. The van der Waals surface area contributed by atoms with Gasteiger partial charge in [-0.25, -0.2) is 18.7 Å². The Hall–Kier alpha value is -2.54. The summed E-state index contributed by atoms with van der Waals surface area (Å²) in [6.07, 6.45) is 1.33. The molecule has 0 fully saturated rings. The van der Waals surface area contributed by atoms with Gasteiger partial charge < -0.3 is 0 Å². The molecule has 0 amide bonds. The van der Waals surface area contributed by atoms with Crippen LogP contribution < -0.4 is 11.2 Å². The van der Waals surface area contributed by atoms with Crippen LogP contribution in [0.4, 0.5) is 4.39 Å². The Morgan fingerprint density at radius 2 is 2.17 bits per heavy atom. The van der Waals surface area contributed by atoms with Crippen molar-refractivity contribution in [1.29, 1.82) is 0 Å². The van der Waals surface area contributed by atoms with E-state index in [0.29, 0.717) is 5.69 Å². The minimum absolute atomic E-state index is 0.0334. The molecule has 24 heavy (non-hydrogen) atoms. The molecule has 1 N–H and O–H groups in total. The molecule has 0 aliphatic carbocycles. The summed E-state index contributed by atoms with van der Waals surface area (Å²) in [6, 6.07) is 2.11. The van der Waals surface area contributed by atoms with Gasteiger partial charge in [-0.1, -0.05) is 25.4 Å². The monoisotopic (exact) mass is 351 g/mol. The van der Waals surface area contributed by atoms with Crippen LogP contribution in [0.25, 0.3) is 16.7 Å². The summed E-state index contributed by atoms with van der Waals surface area (Å²) in [5, 5.41) is -0.793. The van der Waals surface area contributed by atoms with E-state index in [1.165, 1.54) is 12.3 Å². The summed E-state index contributed by atoms with van der Waals surface area (Å²) in [5.74, 6) is -1.20. The second kappa shape index (κ2) is 5.83. The van der Waals surface area contributed by atoms with Crippen molar-refractivity contribution in [1.82, 2.24) is 19.5 Å². The molecular formula is C16H14ClFN4O2. The van der Waals surface area contributed by atoms with Crippen molar-refractivity contribution in [3.05, 3.63) is 61.4 Å². The molecule has 0 saturated carbocycles. The Morgan fingerprint density at radius 3 is 2.83 bits per heavy atom. The Kier molecular flexibility index (Phi) is 3.12. The van der Waals surface area contributed by atoms with Gasteiger partial charge in [0.25, 0.3) is 5.56 Å². The number of pyridine rings is 2. The number of halogens is 2. The maximum absolute atomic E-state index is 13.8. The fourth-order valence-corrected chi connectivity index (χ4v) is 2.58. The first kappa shape index (κ1) is 12.8. The van der Waals surface area contributed by atoms with E-state index in [0.717, 1.165) is 10.6 Å². The minimum Gasteiger partial charge on any atom is -0.273 e. The molecule has 3 aromatic rings. The van der Waals surface area contributed by atoms with E-state index in [-0.39, 0.29) is 28.2 Å². The number of aromatic amines is 1.